The van der Waals surface area contributed by atoms with Gasteiger partial charge in [-0.2, -0.15) is 0 Å². The highest BCUT2D eigenvalue weighted by molar-refractivity contribution is 5.84. The van der Waals surface area contributed by atoms with Crippen LogP contribution in [0.2, 0.25) is 0 Å². The van der Waals surface area contributed by atoms with Gasteiger partial charge >= 0.3 is 0 Å². The van der Waals surface area contributed by atoms with Crippen molar-refractivity contribution in [1.29, 1.82) is 0 Å². The molecule has 2 bridgehead atoms. The normalized spacial score (nSPS) is 29.5. The van der Waals surface area contributed by atoms with E-state index in [1.807, 2.05) is 19.1 Å². The van der Waals surface area contributed by atoms with Crippen LogP contribution in [0.5, 0.6) is 5.75 Å². The van der Waals surface area contributed by atoms with E-state index >= 15 is 0 Å². The van der Waals surface area contributed by atoms with Crippen LogP contribution in [0.15, 0.2) is 36.2 Å². The molecule has 0 aromatic heterocycles. The van der Waals surface area contributed by atoms with Crippen LogP contribution >= 0.6 is 0 Å². The minimum absolute atomic E-state index is 0.0304. The van der Waals surface area contributed by atoms with Crippen LogP contribution in [-0.4, -0.2) is 43.0 Å². The Morgan fingerprint density at radius 3 is 2.25 bits per heavy atom. The third kappa shape index (κ3) is 4.44. The molecule has 0 atom stereocenters. The summed E-state index contributed by atoms with van der Waals surface area (Å²) < 4.78 is 23.9. The largest absolute Gasteiger partial charge is 0.489 e. The molecular formula is C26H36FNO4. The number of carbonyl (C=O) groups is 1. The lowest BCUT2D eigenvalue weighted by molar-refractivity contribution is -0.142. The smallest absolute Gasteiger partial charge is 0.226 e. The molecule has 3 saturated carbocycles. The fourth-order valence-corrected chi connectivity index (χ4v) is 5.71. The fraction of sp³-hybridized carbons (Fsp3) is 0.654. The highest BCUT2D eigenvalue weighted by atomic mass is 19.1. The number of nitrogens with one attached hydrogen (secondary N) is 1. The maximum atomic E-state index is 13.4. The van der Waals surface area contributed by atoms with E-state index in [-0.39, 0.29) is 30.0 Å². The number of hydrogen-bond acceptors (Lipinski definition) is 4. The van der Waals surface area contributed by atoms with Crippen LogP contribution in [0.3, 0.4) is 0 Å². The summed E-state index contributed by atoms with van der Waals surface area (Å²) in [6, 6.07) is 8.24. The quantitative estimate of drug-likeness (QED) is 0.615. The molecule has 176 valence electrons. The molecule has 1 aliphatic heterocycles. The lowest BCUT2D eigenvalue weighted by Gasteiger charge is -2.53. The summed E-state index contributed by atoms with van der Waals surface area (Å²) in [6.07, 6.45) is 8.27. The monoisotopic (exact) mass is 445 g/mol. The first-order chi connectivity index (χ1) is 15.5. The van der Waals surface area contributed by atoms with Crippen molar-refractivity contribution >= 4 is 5.91 Å². The van der Waals surface area contributed by atoms with Crippen molar-refractivity contribution in [3.63, 3.8) is 0 Å². The number of amides is 1. The molecule has 1 heterocycles. The molecule has 4 aliphatic rings. The molecule has 6 heteroatoms. The maximum Gasteiger partial charge on any atom is 0.226 e. The van der Waals surface area contributed by atoms with Gasteiger partial charge in [0, 0.05) is 18.6 Å². The highest BCUT2D eigenvalue weighted by Gasteiger charge is 2.54. The molecule has 5 rings (SSSR count). The van der Waals surface area contributed by atoms with Crippen LogP contribution in [0.25, 0.3) is 0 Å². The highest BCUT2D eigenvalue weighted by Crippen LogP contribution is 2.58. The van der Waals surface area contributed by atoms with E-state index in [1.54, 1.807) is 0 Å². The molecule has 1 aromatic carbocycles. The van der Waals surface area contributed by atoms with E-state index in [1.165, 1.54) is 5.56 Å². The van der Waals surface area contributed by atoms with Crippen LogP contribution in [0.4, 0.5) is 4.39 Å². The minimum Gasteiger partial charge on any atom is -0.489 e. The summed E-state index contributed by atoms with van der Waals surface area (Å²) >= 11 is 0. The lowest BCUT2D eigenvalue weighted by atomic mass is 9.51. The van der Waals surface area contributed by atoms with E-state index in [2.05, 4.69) is 17.4 Å². The molecule has 0 spiro atoms. The number of carbonyl (C=O) groups excluding carboxylic acids is 1. The van der Waals surface area contributed by atoms with Crippen molar-refractivity contribution < 1.29 is 23.8 Å². The van der Waals surface area contributed by atoms with E-state index < -0.39 is 5.54 Å². The summed E-state index contributed by atoms with van der Waals surface area (Å²) in [6.45, 7) is 3.33. The number of halogens is 1. The Balaban J connectivity index is 1.38. The van der Waals surface area contributed by atoms with Gasteiger partial charge in [0.15, 0.2) is 0 Å². The van der Waals surface area contributed by atoms with Gasteiger partial charge in [0.05, 0.1) is 18.5 Å². The SMILES string of the molecule is CC/C(=C\F)COc1ccc(C23CCC(C(=O)NC4(CO)CCOCC4)(CC2)CC3)cc1. The zero-order valence-corrected chi connectivity index (χ0v) is 19.1. The average Bonchev–Trinajstić information content (AvgIpc) is 2.86. The van der Waals surface area contributed by atoms with Crippen molar-refractivity contribution in [1.82, 2.24) is 5.32 Å². The zero-order valence-electron chi connectivity index (χ0n) is 19.1. The topological polar surface area (TPSA) is 67.8 Å². The van der Waals surface area contributed by atoms with Gasteiger partial charge in [0.2, 0.25) is 5.91 Å². The fourth-order valence-electron chi connectivity index (χ4n) is 5.71. The number of ether oxygens (including phenoxy) is 2. The molecular weight excluding hydrogens is 409 g/mol. The van der Waals surface area contributed by atoms with Crippen molar-refractivity contribution in [2.24, 2.45) is 5.41 Å². The molecule has 1 aromatic rings. The van der Waals surface area contributed by atoms with Crippen LogP contribution in [0, 0.1) is 5.41 Å². The average molecular weight is 446 g/mol. The van der Waals surface area contributed by atoms with Gasteiger partial charge in [-0.25, -0.2) is 4.39 Å². The number of benzene rings is 1. The molecule has 4 fully saturated rings. The summed E-state index contributed by atoms with van der Waals surface area (Å²) in [5.74, 6) is 0.877. The molecule has 0 unspecified atom stereocenters. The Morgan fingerprint density at radius 2 is 1.72 bits per heavy atom. The van der Waals surface area contributed by atoms with Gasteiger partial charge in [0.25, 0.3) is 0 Å². The molecule has 1 saturated heterocycles. The predicted octanol–water partition coefficient (Wildman–Crippen LogP) is 4.58. The lowest BCUT2D eigenvalue weighted by Crippen LogP contribution is -2.60. The van der Waals surface area contributed by atoms with Gasteiger partial charge in [-0.15, -0.1) is 0 Å². The first kappa shape index (κ1) is 23.2. The number of hydrogen-bond donors (Lipinski definition) is 2. The Hall–Kier alpha value is -1.92. The Bertz CT molecular complexity index is 804. The number of aliphatic hydroxyl groups is 1. The van der Waals surface area contributed by atoms with Gasteiger partial charge in [-0.1, -0.05) is 19.1 Å². The van der Waals surface area contributed by atoms with Crippen molar-refractivity contribution in [2.45, 2.75) is 75.7 Å². The molecule has 32 heavy (non-hydrogen) atoms. The maximum absolute atomic E-state index is 13.4. The second-order valence-corrected chi connectivity index (χ2v) is 10.00. The summed E-state index contributed by atoms with van der Waals surface area (Å²) in [4.78, 5) is 13.4. The Kier molecular flexibility index (Phi) is 6.91. The Morgan fingerprint density at radius 1 is 1.09 bits per heavy atom. The molecule has 2 N–H and O–H groups in total. The Labute approximate surface area is 190 Å². The summed E-state index contributed by atoms with van der Waals surface area (Å²) in [5, 5.41) is 13.2. The zero-order chi connectivity index (χ0) is 22.7. The predicted molar refractivity (Wildman–Crippen MR) is 121 cm³/mol. The first-order valence-corrected chi connectivity index (χ1v) is 12.0. The van der Waals surface area contributed by atoms with Gasteiger partial charge in [-0.3, -0.25) is 4.79 Å². The van der Waals surface area contributed by atoms with Crippen LogP contribution in [0.1, 0.15) is 70.3 Å². The second kappa shape index (κ2) is 9.52. The van der Waals surface area contributed by atoms with E-state index in [9.17, 15) is 14.3 Å². The van der Waals surface area contributed by atoms with Gasteiger partial charge in [-0.05, 0) is 86.5 Å². The third-order valence-corrected chi connectivity index (χ3v) is 8.36. The number of rotatable bonds is 8. The number of aliphatic hydroxyl groups excluding tert-OH is 1. The first-order valence-electron chi connectivity index (χ1n) is 12.0. The second-order valence-electron chi connectivity index (χ2n) is 10.00. The van der Waals surface area contributed by atoms with E-state index in [0.29, 0.717) is 44.4 Å². The third-order valence-electron chi connectivity index (χ3n) is 8.36. The van der Waals surface area contributed by atoms with E-state index in [0.717, 1.165) is 44.3 Å². The summed E-state index contributed by atoms with van der Waals surface area (Å²) in [5.41, 5.74) is 1.25. The van der Waals surface area contributed by atoms with Crippen LogP contribution < -0.4 is 10.1 Å². The van der Waals surface area contributed by atoms with Gasteiger partial charge < -0.3 is 19.9 Å². The van der Waals surface area contributed by atoms with Gasteiger partial charge in [0.1, 0.15) is 12.4 Å². The number of fused-ring (bicyclic) bond motifs is 3. The van der Waals surface area contributed by atoms with Crippen LogP contribution in [-0.2, 0) is 14.9 Å². The standard InChI is InChI=1S/C26H36FNO4/c1-2-20(17-27)18-32-22-5-3-21(4-6-22)24-7-10-25(11-8-24,12-9-24)23(30)28-26(19-29)13-15-31-16-14-26/h3-6,17,29H,2,7-16,18-19H2,1H3,(H,28,30)/b20-17+. The summed E-state index contributed by atoms with van der Waals surface area (Å²) in [7, 11) is 0. The minimum atomic E-state index is -0.527. The van der Waals surface area contributed by atoms with Crippen molar-refractivity contribution in [3.8, 4) is 5.75 Å². The molecule has 3 aliphatic carbocycles. The molecule has 1 amide bonds. The molecule has 5 nitrogen and oxygen atoms in total. The van der Waals surface area contributed by atoms with E-state index in [4.69, 9.17) is 9.47 Å². The van der Waals surface area contributed by atoms with Crippen molar-refractivity contribution in [3.05, 3.63) is 41.7 Å². The molecule has 0 radical (unpaired) electrons. The van der Waals surface area contributed by atoms with Crippen molar-refractivity contribution in [2.75, 3.05) is 26.4 Å².